The van der Waals surface area contributed by atoms with Gasteiger partial charge in [-0.15, -0.1) is 0 Å². The Morgan fingerprint density at radius 1 is 1.00 bits per heavy atom. The molecule has 0 aliphatic rings. The van der Waals surface area contributed by atoms with Crippen LogP contribution < -0.4 is 0 Å². The molecule has 0 rings (SSSR count). The van der Waals surface area contributed by atoms with Gasteiger partial charge in [-0.25, -0.2) is 0 Å². The SMILES string of the molecule is O=[P+](O)CC[P+](=O)O. The lowest BCUT2D eigenvalue weighted by Crippen LogP contribution is -1.79. The van der Waals surface area contributed by atoms with Crippen LogP contribution in [0.3, 0.4) is 0 Å². The first kappa shape index (κ1) is 8.12. The molecule has 0 amide bonds. The Bertz CT molecular complexity index is 96.6. The van der Waals surface area contributed by atoms with Gasteiger partial charge in [-0.1, -0.05) is 0 Å². The summed E-state index contributed by atoms with van der Waals surface area (Å²) in [7, 11) is -4.45. The Morgan fingerprint density at radius 2 is 1.25 bits per heavy atom. The Hall–Kier alpha value is 0.120. The fraction of sp³-hybridized carbons (Fsp3) is 1.00. The molecule has 0 spiro atoms. The summed E-state index contributed by atoms with van der Waals surface area (Å²) in [5, 5.41) is 0. The van der Waals surface area contributed by atoms with Crippen LogP contribution >= 0.6 is 16.1 Å². The quantitative estimate of drug-likeness (QED) is 0.582. The summed E-state index contributed by atoms with van der Waals surface area (Å²) < 4.78 is 19.6. The minimum Gasteiger partial charge on any atom is -0.161 e. The van der Waals surface area contributed by atoms with E-state index in [9.17, 15) is 9.13 Å². The summed E-state index contributed by atoms with van der Waals surface area (Å²) in [5.74, 6) is 0. The molecule has 46 valence electrons. The van der Waals surface area contributed by atoms with E-state index in [0.29, 0.717) is 0 Å². The molecule has 0 bridgehead atoms. The fourth-order valence-corrected chi connectivity index (χ4v) is 1.54. The van der Waals surface area contributed by atoms with Crippen LogP contribution in [-0.2, 0) is 9.13 Å². The van der Waals surface area contributed by atoms with Crippen LogP contribution in [0.5, 0.6) is 0 Å². The van der Waals surface area contributed by atoms with Gasteiger partial charge >= 0.3 is 16.1 Å². The first-order valence-electron chi connectivity index (χ1n) is 1.90. The molecule has 2 N–H and O–H groups in total. The van der Waals surface area contributed by atoms with E-state index in [1.54, 1.807) is 0 Å². The second kappa shape index (κ2) is 4.04. The molecule has 2 unspecified atom stereocenters. The average Bonchev–Trinajstić information content (AvgIpc) is 1.61. The van der Waals surface area contributed by atoms with Gasteiger partial charge in [-0.2, -0.15) is 9.79 Å². The maximum Gasteiger partial charge on any atom is 0.510 e. The van der Waals surface area contributed by atoms with Gasteiger partial charge in [-0.05, 0) is 9.13 Å². The topological polar surface area (TPSA) is 74.6 Å². The van der Waals surface area contributed by atoms with Crippen molar-refractivity contribution in [1.82, 2.24) is 0 Å². The Morgan fingerprint density at radius 3 is 1.38 bits per heavy atom. The zero-order chi connectivity index (χ0) is 6.57. The van der Waals surface area contributed by atoms with E-state index in [0.717, 1.165) is 0 Å². The summed E-state index contributed by atoms with van der Waals surface area (Å²) in [4.78, 5) is 16.1. The van der Waals surface area contributed by atoms with Gasteiger partial charge < -0.3 is 0 Å². The molecule has 4 nitrogen and oxygen atoms in total. The summed E-state index contributed by atoms with van der Waals surface area (Å²) in [5.41, 5.74) is 0. The van der Waals surface area contributed by atoms with Crippen molar-refractivity contribution in [3.8, 4) is 0 Å². The molecule has 0 saturated carbocycles. The highest BCUT2D eigenvalue weighted by Gasteiger charge is 2.20. The molecule has 2 atom stereocenters. The largest absolute Gasteiger partial charge is 0.510 e. The molecular weight excluding hydrogens is 150 g/mol. The summed E-state index contributed by atoms with van der Waals surface area (Å²) in [6.07, 6.45) is -0.165. The lowest BCUT2D eigenvalue weighted by molar-refractivity contribution is 0.494. The van der Waals surface area contributed by atoms with Gasteiger partial charge in [0.15, 0.2) is 0 Å². The van der Waals surface area contributed by atoms with Crippen molar-refractivity contribution in [2.45, 2.75) is 0 Å². The average molecular weight is 156 g/mol. The van der Waals surface area contributed by atoms with Crippen LogP contribution in [0.15, 0.2) is 0 Å². The number of rotatable bonds is 3. The third-order valence-electron chi connectivity index (χ3n) is 0.483. The van der Waals surface area contributed by atoms with Gasteiger partial charge in [0, 0.05) is 0 Å². The van der Waals surface area contributed by atoms with Crippen molar-refractivity contribution in [1.29, 1.82) is 0 Å². The van der Waals surface area contributed by atoms with E-state index in [-0.39, 0.29) is 12.3 Å². The standard InChI is InChI=1S/C2H4O4P2/c3-7(4)1-2-8(5)6/h1-2H2/p+2. The molecule has 0 heterocycles. The Kier molecular flexibility index (Phi) is 4.11. The lowest BCUT2D eigenvalue weighted by Gasteiger charge is -1.64. The molecule has 0 saturated heterocycles. The monoisotopic (exact) mass is 156 g/mol. The Labute approximate surface area is 48.3 Å². The molecule has 0 radical (unpaired) electrons. The maximum atomic E-state index is 9.81. The van der Waals surface area contributed by atoms with Crippen LogP contribution in [0.1, 0.15) is 0 Å². The molecular formula is C2H6O4P2+2. The second-order valence-corrected chi connectivity index (χ2v) is 3.45. The van der Waals surface area contributed by atoms with Gasteiger partial charge in [0.25, 0.3) is 0 Å². The summed E-state index contributed by atoms with van der Waals surface area (Å²) in [6.45, 7) is 0. The third-order valence-corrected chi connectivity index (χ3v) is 2.05. The van der Waals surface area contributed by atoms with Crippen molar-refractivity contribution >= 4 is 16.1 Å². The number of hydrogen-bond donors (Lipinski definition) is 2. The highest BCUT2D eigenvalue weighted by Crippen LogP contribution is 2.20. The Balaban J connectivity index is 3.18. The van der Waals surface area contributed by atoms with E-state index in [4.69, 9.17) is 9.79 Å². The normalized spacial score (nSPS) is 13.2. The molecule has 0 aromatic heterocycles. The molecule has 8 heavy (non-hydrogen) atoms. The maximum absolute atomic E-state index is 9.81. The van der Waals surface area contributed by atoms with Crippen molar-refractivity contribution in [2.75, 3.05) is 12.3 Å². The predicted molar refractivity (Wildman–Crippen MR) is 29.4 cm³/mol. The molecule has 0 aromatic carbocycles. The van der Waals surface area contributed by atoms with Gasteiger partial charge in [0.2, 0.25) is 12.3 Å². The van der Waals surface area contributed by atoms with Crippen molar-refractivity contribution in [3.63, 3.8) is 0 Å². The predicted octanol–water partition coefficient (Wildman–Crippen LogP) is 0.456. The first-order valence-corrected chi connectivity index (χ1v) is 4.69. The van der Waals surface area contributed by atoms with E-state index in [1.807, 2.05) is 0 Å². The highest BCUT2D eigenvalue weighted by molar-refractivity contribution is 7.42. The van der Waals surface area contributed by atoms with Gasteiger partial charge in [-0.3, -0.25) is 0 Å². The van der Waals surface area contributed by atoms with Crippen LogP contribution in [0.25, 0.3) is 0 Å². The zero-order valence-electron chi connectivity index (χ0n) is 4.02. The lowest BCUT2D eigenvalue weighted by atomic mass is 11.0. The molecule has 6 heteroatoms. The highest BCUT2D eigenvalue weighted by atomic mass is 31.1. The van der Waals surface area contributed by atoms with Crippen LogP contribution in [-0.4, -0.2) is 22.1 Å². The van der Waals surface area contributed by atoms with E-state index in [2.05, 4.69) is 0 Å². The number of hydrogen-bond acceptors (Lipinski definition) is 2. The minimum atomic E-state index is -2.23. The molecule has 0 aliphatic carbocycles. The van der Waals surface area contributed by atoms with Crippen LogP contribution in [0.2, 0.25) is 0 Å². The second-order valence-electron chi connectivity index (χ2n) is 1.15. The zero-order valence-corrected chi connectivity index (χ0v) is 5.81. The van der Waals surface area contributed by atoms with E-state index < -0.39 is 16.1 Å². The van der Waals surface area contributed by atoms with Crippen LogP contribution in [0, 0.1) is 0 Å². The van der Waals surface area contributed by atoms with Gasteiger partial charge in [0.1, 0.15) is 0 Å². The van der Waals surface area contributed by atoms with E-state index in [1.165, 1.54) is 0 Å². The first-order chi connectivity index (χ1) is 3.63. The fourth-order valence-electron chi connectivity index (χ4n) is 0.171. The van der Waals surface area contributed by atoms with Gasteiger partial charge in [0.05, 0.1) is 0 Å². The third kappa shape index (κ3) is 6.12. The molecule has 0 aromatic rings. The minimum absolute atomic E-state index is 0.0823. The van der Waals surface area contributed by atoms with Crippen LogP contribution in [0.4, 0.5) is 0 Å². The van der Waals surface area contributed by atoms with Crippen molar-refractivity contribution in [3.05, 3.63) is 0 Å². The van der Waals surface area contributed by atoms with Crippen molar-refractivity contribution < 1.29 is 18.9 Å². The van der Waals surface area contributed by atoms with Crippen molar-refractivity contribution in [2.24, 2.45) is 0 Å². The smallest absolute Gasteiger partial charge is 0.161 e. The van der Waals surface area contributed by atoms with E-state index >= 15 is 0 Å². The summed E-state index contributed by atoms with van der Waals surface area (Å²) in [6, 6.07) is 0. The summed E-state index contributed by atoms with van der Waals surface area (Å²) >= 11 is 0. The molecule has 0 fully saturated rings. The molecule has 0 aliphatic heterocycles.